The van der Waals surface area contributed by atoms with Gasteiger partial charge in [0.1, 0.15) is 0 Å². The highest BCUT2D eigenvalue weighted by Gasteiger charge is 2.05. The van der Waals surface area contributed by atoms with Crippen LogP contribution in [0.4, 0.5) is 0 Å². The first-order valence-corrected chi connectivity index (χ1v) is 7.81. The van der Waals surface area contributed by atoms with Gasteiger partial charge in [0.15, 0.2) is 11.6 Å². The first kappa shape index (κ1) is 19.6. The molecule has 0 fully saturated rings. The number of hydrogen-bond acceptors (Lipinski definition) is 2. The van der Waals surface area contributed by atoms with Crippen LogP contribution in [0, 0.1) is 0 Å². The topological polar surface area (TPSA) is 34.1 Å². The van der Waals surface area contributed by atoms with Crippen LogP contribution in [-0.4, -0.2) is 11.6 Å². The van der Waals surface area contributed by atoms with Crippen LogP contribution in [0.2, 0.25) is 0 Å². The Morgan fingerprint density at radius 3 is 1.52 bits per heavy atom. The van der Waals surface area contributed by atoms with Gasteiger partial charge in [0.2, 0.25) is 0 Å². The van der Waals surface area contributed by atoms with E-state index in [4.69, 9.17) is 0 Å². The average molecular weight is 290 g/mol. The zero-order valence-electron chi connectivity index (χ0n) is 14.3. The van der Waals surface area contributed by atoms with Gasteiger partial charge in [-0.1, -0.05) is 34.9 Å². The molecule has 21 heavy (non-hydrogen) atoms. The molecule has 0 saturated carbocycles. The first-order chi connectivity index (χ1) is 9.82. The van der Waals surface area contributed by atoms with E-state index >= 15 is 0 Å². The molecule has 0 aromatic carbocycles. The molecule has 0 spiro atoms. The number of ketones is 2. The normalized spacial score (nSPS) is 12.2. The number of carbonyl (C=O) groups excluding carboxylic acids is 2. The molecular formula is C19H30O2. The van der Waals surface area contributed by atoms with Crippen molar-refractivity contribution in [2.24, 2.45) is 0 Å². The van der Waals surface area contributed by atoms with Crippen LogP contribution in [0.25, 0.3) is 0 Å². The predicted octanol–water partition coefficient (Wildman–Crippen LogP) is 5.34. The standard InChI is InChI=1S/C19H30O2/c1-15(2)9-6-10-16(3)11-7-12-17(4)13-8-14-19(21)18(5)20/h9,11,13H,6-8,10,12,14H2,1-5H3. The van der Waals surface area contributed by atoms with Crippen molar-refractivity contribution >= 4 is 11.6 Å². The lowest BCUT2D eigenvalue weighted by Crippen LogP contribution is -2.07. The fourth-order valence-corrected chi connectivity index (χ4v) is 1.96. The second kappa shape index (κ2) is 11.2. The van der Waals surface area contributed by atoms with Crippen molar-refractivity contribution < 1.29 is 9.59 Å². The highest BCUT2D eigenvalue weighted by molar-refractivity contribution is 6.36. The van der Waals surface area contributed by atoms with Crippen molar-refractivity contribution in [2.75, 3.05) is 0 Å². The van der Waals surface area contributed by atoms with Crippen LogP contribution >= 0.6 is 0 Å². The number of allylic oxidation sites excluding steroid dienone is 6. The highest BCUT2D eigenvalue weighted by atomic mass is 16.2. The molecule has 0 heterocycles. The second-order valence-corrected chi connectivity index (χ2v) is 5.98. The molecule has 0 bridgehead atoms. The molecule has 0 saturated heterocycles. The minimum absolute atomic E-state index is 0.269. The zero-order chi connectivity index (χ0) is 16.3. The predicted molar refractivity (Wildman–Crippen MR) is 90.3 cm³/mol. The molecule has 0 atom stereocenters. The molecule has 0 radical (unpaired) electrons. The van der Waals surface area contributed by atoms with Gasteiger partial charge < -0.3 is 0 Å². The molecule has 2 nitrogen and oxygen atoms in total. The number of rotatable bonds is 10. The summed E-state index contributed by atoms with van der Waals surface area (Å²) in [5, 5.41) is 0. The van der Waals surface area contributed by atoms with Crippen molar-refractivity contribution in [2.45, 2.75) is 73.1 Å². The summed E-state index contributed by atoms with van der Waals surface area (Å²) >= 11 is 0. The van der Waals surface area contributed by atoms with E-state index in [2.05, 4.69) is 45.9 Å². The lowest BCUT2D eigenvalue weighted by atomic mass is 10.0. The third-order valence-electron chi connectivity index (χ3n) is 3.38. The Labute approximate surface area is 130 Å². The highest BCUT2D eigenvalue weighted by Crippen LogP contribution is 2.12. The number of hydrogen-bond donors (Lipinski definition) is 0. The van der Waals surface area contributed by atoms with Gasteiger partial charge in [0, 0.05) is 13.3 Å². The number of Topliss-reactive ketones (excluding diaryl/α,β-unsaturated/α-hetero) is 2. The zero-order valence-corrected chi connectivity index (χ0v) is 14.3. The Morgan fingerprint density at radius 2 is 1.10 bits per heavy atom. The van der Waals surface area contributed by atoms with Gasteiger partial charge in [0.25, 0.3) is 0 Å². The maximum atomic E-state index is 11.2. The summed E-state index contributed by atoms with van der Waals surface area (Å²) in [5.41, 5.74) is 4.11. The van der Waals surface area contributed by atoms with Gasteiger partial charge in [-0.15, -0.1) is 0 Å². The molecule has 0 aliphatic rings. The summed E-state index contributed by atoms with van der Waals surface area (Å²) in [4.78, 5) is 22.0. The van der Waals surface area contributed by atoms with Gasteiger partial charge in [-0.3, -0.25) is 9.59 Å². The van der Waals surface area contributed by atoms with Crippen molar-refractivity contribution in [3.8, 4) is 0 Å². The summed E-state index contributed by atoms with van der Waals surface area (Å²) in [6, 6.07) is 0. The summed E-state index contributed by atoms with van der Waals surface area (Å²) in [6.07, 6.45) is 12.0. The van der Waals surface area contributed by atoms with E-state index in [1.165, 1.54) is 23.6 Å². The van der Waals surface area contributed by atoms with Crippen LogP contribution in [0.3, 0.4) is 0 Å². The summed E-state index contributed by atoms with van der Waals surface area (Å²) < 4.78 is 0. The van der Waals surface area contributed by atoms with Crippen molar-refractivity contribution in [1.82, 2.24) is 0 Å². The van der Waals surface area contributed by atoms with Gasteiger partial charge in [-0.2, -0.15) is 0 Å². The molecule has 0 unspecified atom stereocenters. The van der Waals surface area contributed by atoms with Gasteiger partial charge in [0.05, 0.1) is 0 Å². The maximum Gasteiger partial charge on any atom is 0.198 e. The lowest BCUT2D eigenvalue weighted by Gasteiger charge is -2.01. The molecule has 0 aliphatic carbocycles. The fraction of sp³-hybridized carbons (Fsp3) is 0.579. The van der Waals surface area contributed by atoms with Gasteiger partial charge in [-0.25, -0.2) is 0 Å². The van der Waals surface area contributed by atoms with Crippen molar-refractivity contribution in [3.05, 3.63) is 34.9 Å². The fourth-order valence-electron chi connectivity index (χ4n) is 1.96. The molecular weight excluding hydrogens is 260 g/mol. The SMILES string of the molecule is CC(=O)C(=O)CCC=C(C)CCC=C(C)CCC=C(C)C. The van der Waals surface area contributed by atoms with E-state index < -0.39 is 0 Å². The van der Waals surface area contributed by atoms with E-state index in [1.54, 1.807) is 0 Å². The quantitative estimate of drug-likeness (QED) is 0.402. The lowest BCUT2D eigenvalue weighted by molar-refractivity contribution is -0.135. The van der Waals surface area contributed by atoms with E-state index in [1.807, 2.05) is 0 Å². The van der Waals surface area contributed by atoms with Gasteiger partial charge >= 0.3 is 0 Å². The average Bonchev–Trinajstić information content (AvgIpc) is 2.37. The van der Waals surface area contributed by atoms with Crippen LogP contribution in [0.5, 0.6) is 0 Å². The minimum Gasteiger partial charge on any atom is -0.291 e. The largest absolute Gasteiger partial charge is 0.291 e. The van der Waals surface area contributed by atoms with Gasteiger partial charge in [-0.05, 0) is 59.8 Å². The summed E-state index contributed by atoms with van der Waals surface area (Å²) in [7, 11) is 0. The third-order valence-corrected chi connectivity index (χ3v) is 3.38. The van der Waals surface area contributed by atoms with E-state index in [0.717, 1.165) is 25.7 Å². The van der Waals surface area contributed by atoms with Crippen LogP contribution in [0.1, 0.15) is 73.1 Å². The third kappa shape index (κ3) is 12.0. The van der Waals surface area contributed by atoms with E-state index in [0.29, 0.717) is 12.8 Å². The Hall–Kier alpha value is -1.44. The Balaban J connectivity index is 3.96. The summed E-state index contributed by atoms with van der Waals surface area (Å²) in [5.74, 6) is -0.606. The second-order valence-electron chi connectivity index (χ2n) is 5.98. The van der Waals surface area contributed by atoms with Crippen LogP contribution in [0.15, 0.2) is 34.9 Å². The molecule has 118 valence electrons. The first-order valence-electron chi connectivity index (χ1n) is 7.81. The molecule has 2 heteroatoms. The Morgan fingerprint density at radius 1 is 0.667 bits per heavy atom. The monoisotopic (exact) mass is 290 g/mol. The molecule has 0 aromatic heterocycles. The summed E-state index contributed by atoms with van der Waals surface area (Å²) in [6.45, 7) is 9.86. The molecule has 0 N–H and O–H groups in total. The Bertz CT molecular complexity index is 432. The molecule has 0 amide bonds. The van der Waals surface area contributed by atoms with Crippen molar-refractivity contribution in [3.63, 3.8) is 0 Å². The van der Waals surface area contributed by atoms with Crippen LogP contribution < -0.4 is 0 Å². The van der Waals surface area contributed by atoms with Crippen molar-refractivity contribution in [1.29, 1.82) is 0 Å². The molecule has 0 rings (SSSR count). The number of carbonyl (C=O) groups is 2. The minimum atomic E-state index is -0.337. The molecule has 0 aromatic rings. The van der Waals surface area contributed by atoms with E-state index in [-0.39, 0.29) is 11.6 Å². The smallest absolute Gasteiger partial charge is 0.198 e. The van der Waals surface area contributed by atoms with E-state index in [9.17, 15) is 9.59 Å². The maximum absolute atomic E-state index is 11.2. The Kier molecular flexibility index (Phi) is 10.5. The van der Waals surface area contributed by atoms with Crippen LogP contribution in [-0.2, 0) is 9.59 Å². The molecule has 0 aliphatic heterocycles.